The normalized spacial score (nSPS) is 19.5. The maximum atomic E-state index is 12.4. The lowest BCUT2D eigenvalue weighted by Crippen LogP contribution is -2.41. The average Bonchev–Trinajstić information content (AvgIpc) is 2.45. The number of piperidine rings is 1. The van der Waals surface area contributed by atoms with Crippen LogP contribution >= 0.6 is 0 Å². The number of benzene rings is 1. The van der Waals surface area contributed by atoms with Crippen molar-refractivity contribution < 1.29 is 17.9 Å². The number of ether oxygens (including phenoxy) is 1. The van der Waals surface area contributed by atoms with Crippen molar-refractivity contribution in [2.75, 3.05) is 6.54 Å². The molecule has 1 unspecified atom stereocenters. The Morgan fingerprint density at radius 1 is 1.30 bits per heavy atom. The smallest absolute Gasteiger partial charge is 0.410 e. The quantitative estimate of drug-likeness (QED) is 0.896. The molecule has 2 N–H and O–H groups in total. The number of nitrogens with two attached hydrogens (primary N) is 1. The lowest BCUT2D eigenvalue weighted by molar-refractivity contribution is 0.00949. The Balaban J connectivity index is 2.30. The average molecular weight is 340 g/mol. The van der Waals surface area contributed by atoms with E-state index >= 15 is 0 Å². The minimum absolute atomic E-state index is 0.0599. The summed E-state index contributed by atoms with van der Waals surface area (Å²) in [5.41, 5.74) is 0.198. The molecule has 7 heteroatoms. The lowest BCUT2D eigenvalue weighted by Gasteiger charge is -2.37. The summed E-state index contributed by atoms with van der Waals surface area (Å²) in [6, 6.07) is 6.28. The second-order valence-electron chi connectivity index (χ2n) is 6.80. The molecule has 1 atom stereocenters. The number of hydrogen-bond donors (Lipinski definition) is 1. The van der Waals surface area contributed by atoms with Crippen LogP contribution in [0.2, 0.25) is 0 Å². The van der Waals surface area contributed by atoms with Gasteiger partial charge in [-0.15, -0.1) is 0 Å². The van der Waals surface area contributed by atoms with Gasteiger partial charge in [0.2, 0.25) is 10.0 Å². The molecule has 23 heavy (non-hydrogen) atoms. The molecule has 0 saturated carbocycles. The van der Waals surface area contributed by atoms with E-state index in [0.29, 0.717) is 6.54 Å². The predicted molar refractivity (Wildman–Crippen MR) is 87.3 cm³/mol. The van der Waals surface area contributed by atoms with Crippen LogP contribution in [0.1, 0.15) is 51.6 Å². The number of carbonyl (C=O) groups is 1. The number of rotatable bonds is 2. The Hall–Kier alpha value is -1.60. The third-order valence-corrected chi connectivity index (χ3v) is 4.61. The van der Waals surface area contributed by atoms with Crippen molar-refractivity contribution in [3.05, 3.63) is 29.8 Å². The Morgan fingerprint density at radius 3 is 2.61 bits per heavy atom. The Bertz CT molecular complexity index is 680. The molecule has 2 rings (SSSR count). The summed E-state index contributed by atoms with van der Waals surface area (Å²) in [7, 11) is -3.77. The van der Waals surface area contributed by atoms with Gasteiger partial charge in [-0.25, -0.2) is 18.4 Å². The van der Waals surface area contributed by atoms with Crippen molar-refractivity contribution in [3.8, 4) is 0 Å². The summed E-state index contributed by atoms with van der Waals surface area (Å²) in [6.07, 6.45) is 2.28. The van der Waals surface area contributed by atoms with Gasteiger partial charge in [-0.3, -0.25) is 0 Å². The first-order valence-electron chi connectivity index (χ1n) is 7.70. The fourth-order valence-corrected chi connectivity index (χ4v) is 3.28. The third-order valence-electron chi connectivity index (χ3n) is 3.70. The number of carbonyl (C=O) groups excluding carboxylic acids is 1. The molecular formula is C16H24N2O4S. The molecule has 1 heterocycles. The summed E-state index contributed by atoms with van der Waals surface area (Å²) in [6.45, 7) is 6.07. The van der Waals surface area contributed by atoms with E-state index in [2.05, 4.69) is 0 Å². The second-order valence-corrected chi connectivity index (χ2v) is 8.36. The monoisotopic (exact) mass is 340 g/mol. The van der Waals surface area contributed by atoms with E-state index in [1.165, 1.54) is 6.07 Å². The van der Waals surface area contributed by atoms with Crippen molar-refractivity contribution in [1.29, 1.82) is 0 Å². The molecule has 0 aliphatic carbocycles. The minimum atomic E-state index is -3.77. The van der Waals surface area contributed by atoms with E-state index in [1.54, 1.807) is 17.0 Å². The molecule has 1 aromatic carbocycles. The predicted octanol–water partition coefficient (Wildman–Crippen LogP) is 2.80. The molecule has 0 spiro atoms. The molecule has 1 aliphatic heterocycles. The van der Waals surface area contributed by atoms with Gasteiger partial charge in [0.15, 0.2) is 0 Å². The molecule has 1 amide bonds. The number of likely N-dealkylation sites (tertiary alicyclic amines) is 1. The first kappa shape index (κ1) is 17.7. The zero-order valence-corrected chi connectivity index (χ0v) is 14.6. The van der Waals surface area contributed by atoms with Crippen LogP contribution in [0.4, 0.5) is 4.79 Å². The van der Waals surface area contributed by atoms with Gasteiger partial charge < -0.3 is 9.64 Å². The highest BCUT2D eigenvalue weighted by atomic mass is 32.2. The van der Waals surface area contributed by atoms with Crippen molar-refractivity contribution in [1.82, 2.24) is 4.90 Å². The zero-order valence-electron chi connectivity index (χ0n) is 13.8. The van der Waals surface area contributed by atoms with Crippen LogP contribution in [-0.4, -0.2) is 31.6 Å². The van der Waals surface area contributed by atoms with Crippen LogP contribution in [0.15, 0.2) is 29.2 Å². The molecule has 1 aromatic rings. The van der Waals surface area contributed by atoms with Gasteiger partial charge in [0.25, 0.3) is 0 Å². The molecule has 0 aromatic heterocycles. The van der Waals surface area contributed by atoms with Crippen molar-refractivity contribution in [3.63, 3.8) is 0 Å². The van der Waals surface area contributed by atoms with E-state index in [9.17, 15) is 13.2 Å². The standard InChI is InChI=1S/C16H24N2O4S/c1-16(2,3)22-15(19)18-10-5-4-9-14(18)12-7-6-8-13(11-12)23(17,20)21/h6-8,11,14H,4-5,9-10H2,1-3H3,(H2,17,20,21). The summed E-state index contributed by atoms with van der Waals surface area (Å²) in [5, 5.41) is 5.20. The van der Waals surface area contributed by atoms with Gasteiger partial charge in [-0.1, -0.05) is 12.1 Å². The highest BCUT2D eigenvalue weighted by Gasteiger charge is 2.31. The molecular weight excluding hydrogens is 316 g/mol. The van der Waals surface area contributed by atoms with Crippen LogP contribution in [-0.2, 0) is 14.8 Å². The van der Waals surface area contributed by atoms with E-state index in [-0.39, 0.29) is 17.0 Å². The summed E-state index contributed by atoms with van der Waals surface area (Å²) in [4.78, 5) is 14.2. The maximum Gasteiger partial charge on any atom is 0.410 e. The number of hydrogen-bond acceptors (Lipinski definition) is 4. The topological polar surface area (TPSA) is 89.7 Å². The first-order chi connectivity index (χ1) is 10.6. The third kappa shape index (κ3) is 4.68. The van der Waals surface area contributed by atoms with E-state index in [1.807, 2.05) is 26.8 Å². The van der Waals surface area contributed by atoms with Gasteiger partial charge in [0.05, 0.1) is 10.9 Å². The summed E-state index contributed by atoms with van der Waals surface area (Å²) < 4.78 is 28.6. The minimum Gasteiger partial charge on any atom is -0.444 e. The van der Waals surface area contributed by atoms with Gasteiger partial charge in [-0.05, 0) is 57.7 Å². The largest absolute Gasteiger partial charge is 0.444 e. The van der Waals surface area contributed by atoms with E-state index in [0.717, 1.165) is 24.8 Å². The summed E-state index contributed by atoms with van der Waals surface area (Å²) >= 11 is 0. The van der Waals surface area contributed by atoms with Gasteiger partial charge >= 0.3 is 6.09 Å². The Kier molecular flexibility index (Phi) is 5.01. The Labute approximate surface area is 137 Å². The number of sulfonamides is 1. The fourth-order valence-electron chi connectivity index (χ4n) is 2.72. The molecule has 1 saturated heterocycles. The van der Waals surface area contributed by atoms with Crippen LogP contribution in [0.3, 0.4) is 0 Å². The van der Waals surface area contributed by atoms with Gasteiger partial charge in [-0.2, -0.15) is 0 Å². The lowest BCUT2D eigenvalue weighted by atomic mass is 9.96. The molecule has 1 fully saturated rings. The van der Waals surface area contributed by atoms with Crippen molar-refractivity contribution in [2.45, 2.75) is 56.6 Å². The maximum absolute atomic E-state index is 12.4. The second kappa shape index (κ2) is 6.49. The molecule has 6 nitrogen and oxygen atoms in total. The fraction of sp³-hybridized carbons (Fsp3) is 0.562. The van der Waals surface area contributed by atoms with Crippen molar-refractivity contribution in [2.24, 2.45) is 5.14 Å². The van der Waals surface area contributed by atoms with E-state index < -0.39 is 15.6 Å². The molecule has 0 radical (unpaired) electrons. The first-order valence-corrected chi connectivity index (χ1v) is 9.25. The van der Waals surface area contributed by atoms with E-state index in [4.69, 9.17) is 9.88 Å². The van der Waals surface area contributed by atoms with Crippen LogP contribution < -0.4 is 5.14 Å². The molecule has 1 aliphatic rings. The number of primary sulfonamides is 1. The highest BCUT2D eigenvalue weighted by molar-refractivity contribution is 7.89. The SMILES string of the molecule is CC(C)(C)OC(=O)N1CCCCC1c1cccc(S(N)(=O)=O)c1. The summed E-state index contributed by atoms with van der Waals surface area (Å²) in [5.74, 6) is 0. The number of nitrogens with zero attached hydrogens (tertiary/aromatic N) is 1. The van der Waals surface area contributed by atoms with Crippen LogP contribution in [0.5, 0.6) is 0 Å². The highest BCUT2D eigenvalue weighted by Crippen LogP contribution is 2.33. The Morgan fingerprint density at radius 2 is 2.00 bits per heavy atom. The van der Waals surface area contributed by atoms with Crippen LogP contribution in [0.25, 0.3) is 0 Å². The zero-order chi connectivity index (χ0) is 17.3. The van der Waals surface area contributed by atoms with Crippen molar-refractivity contribution >= 4 is 16.1 Å². The van der Waals surface area contributed by atoms with Gasteiger partial charge in [0.1, 0.15) is 5.60 Å². The molecule has 0 bridgehead atoms. The number of amides is 1. The van der Waals surface area contributed by atoms with Crippen LogP contribution in [0, 0.1) is 0 Å². The molecule has 128 valence electrons. The van der Waals surface area contributed by atoms with Gasteiger partial charge in [0, 0.05) is 6.54 Å².